The number of hydrogen-bond acceptors (Lipinski definition) is 2. The van der Waals surface area contributed by atoms with Crippen LogP contribution in [0.3, 0.4) is 0 Å². The maximum absolute atomic E-state index is 13.4. The van der Waals surface area contributed by atoms with E-state index in [1.165, 1.54) is 11.1 Å². The lowest BCUT2D eigenvalue weighted by Crippen LogP contribution is -2.31. The molecule has 1 aliphatic rings. The molecule has 1 N–H and O–H groups in total. The van der Waals surface area contributed by atoms with E-state index >= 15 is 0 Å². The normalized spacial score (nSPS) is 15.6. The highest BCUT2D eigenvalue weighted by atomic mass is 79.9. The summed E-state index contributed by atoms with van der Waals surface area (Å²) in [6.07, 6.45) is 3.13. The van der Waals surface area contributed by atoms with Gasteiger partial charge in [-0.3, -0.25) is 4.79 Å². The fraction of sp³-hybridized carbons (Fsp3) is 0.154. The second-order valence-corrected chi connectivity index (χ2v) is 8.62. The number of aryl methyl sites for hydroxylation is 1. The van der Waals surface area contributed by atoms with Crippen LogP contribution in [0.1, 0.15) is 40.4 Å². The van der Waals surface area contributed by atoms with Gasteiger partial charge in [0.05, 0.1) is 22.8 Å². The Morgan fingerprint density at radius 2 is 1.80 bits per heavy atom. The number of aromatic nitrogens is 1. The molecular weight excluding hydrogens is 436 g/mol. The van der Waals surface area contributed by atoms with Crippen LogP contribution in [0.2, 0.25) is 0 Å². The van der Waals surface area contributed by atoms with Crippen molar-refractivity contribution in [2.24, 2.45) is 0 Å². The Morgan fingerprint density at radius 1 is 0.967 bits per heavy atom. The second kappa shape index (κ2) is 8.04. The number of carbonyl (C=O) groups excluding carboxylic acids is 1. The number of para-hydroxylation sites is 1. The third-order valence-electron chi connectivity index (χ3n) is 5.76. The number of rotatable bonds is 3. The lowest BCUT2D eigenvalue weighted by atomic mass is 9.87. The molecule has 148 valence electrons. The predicted molar refractivity (Wildman–Crippen MR) is 124 cm³/mol. The molecule has 3 aromatic carbocycles. The SMILES string of the molecule is O=C(NC1CCCc2ccccc21)c1cc(-c2cccc(Br)c2)nc2ccccc12. The fourth-order valence-electron chi connectivity index (χ4n) is 4.30. The van der Waals surface area contributed by atoms with Gasteiger partial charge in [0, 0.05) is 15.4 Å². The first-order valence-corrected chi connectivity index (χ1v) is 11.0. The molecule has 0 radical (unpaired) electrons. The molecule has 1 heterocycles. The van der Waals surface area contributed by atoms with E-state index in [4.69, 9.17) is 4.98 Å². The highest BCUT2D eigenvalue weighted by Gasteiger charge is 2.23. The van der Waals surface area contributed by atoms with E-state index in [2.05, 4.69) is 45.5 Å². The zero-order valence-electron chi connectivity index (χ0n) is 16.4. The summed E-state index contributed by atoms with van der Waals surface area (Å²) in [6.45, 7) is 0. The van der Waals surface area contributed by atoms with Gasteiger partial charge in [-0.25, -0.2) is 4.98 Å². The number of nitrogens with one attached hydrogen (secondary N) is 1. The highest BCUT2D eigenvalue weighted by Crippen LogP contribution is 2.31. The summed E-state index contributed by atoms with van der Waals surface area (Å²) in [5, 5.41) is 4.17. The average molecular weight is 457 g/mol. The third-order valence-corrected chi connectivity index (χ3v) is 6.25. The molecule has 3 nitrogen and oxygen atoms in total. The van der Waals surface area contributed by atoms with Gasteiger partial charge < -0.3 is 5.32 Å². The van der Waals surface area contributed by atoms with E-state index in [0.29, 0.717) is 5.56 Å². The van der Waals surface area contributed by atoms with Crippen LogP contribution in [0.25, 0.3) is 22.2 Å². The monoisotopic (exact) mass is 456 g/mol. The number of amides is 1. The second-order valence-electron chi connectivity index (χ2n) is 7.70. The minimum Gasteiger partial charge on any atom is -0.345 e. The number of fused-ring (bicyclic) bond motifs is 2. The lowest BCUT2D eigenvalue weighted by Gasteiger charge is -2.26. The van der Waals surface area contributed by atoms with Gasteiger partial charge in [-0.1, -0.05) is 70.5 Å². The van der Waals surface area contributed by atoms with Crippen LogP contribution in [0.4, 0.5) is 0 Å². The lowest BCUT2D eigenvalue weighted by molar-refractivity contribution is 0.0934. The van der Waals surface area contributed by atoms with Crippen molar-refractivity contribution < 1.29 is 4.79 Å². The van der Waals surface area contributed by atoms with Gasteiger partial charge in [-0.05, 0) is 54.7 Å². The van der Waals surface area contributed by atoms with Crippen LogP contribution >= 0.6 is 15.9 Å². The summed E-state index contributed by atoms with van der Waals surface area (Å²) in [6, 6.07) is 26.2. The number of carbonyl (C=O) groups is 1. The molecule has 1 amide bonds. The van der Waals surface area contributed by atoms with Crippen molar-refractivity contribution in [2.75, 3.05) is 0 Å². The van der Waals surface area contributed by atoms with Gasteiger partial charge in [-0.2, -0.15) is 0 Å². The summed E-state index contributed by atoms with van der Waals surface area (Å²) in [4.78, 5) is 18.3. The van der Waals surface area contributed by atoms with Gasteiger partial charge in [0.25, 0.3) is 5.91 Å². The molecule has 0 saturated heterocycles. The van der Waals surface area contributed by atoms with Crippen molar-refractivity contribution >= 4 is 32.7 Å². The Balaban J connectivity index is 1.56. The zero-order chi connectivity index (χ0) is 20.5. The number of hydrogen-bond donors (Lipinski definition) is 1. The Labute approximate surface area is 184 Å². The first-order chi connectivity index (χ1) is 14.7. The molecular formula is C26H21BrN2O. The quantitative estimate of drug-likeness (QED) is 0.383. The largest absolute Gasteiger partial charge is 0.345 e. The standard InChI is InChI=1S/C26H21BrN2O/c27-19-10-5-9-18(15-19)25-16-22(21-12-3-4-13-24(21)28-25)26(30)29-23-14-6-8-17-7-1-2-11-20(17)23/h1-5,7,9-13,15-16,23H,6,8,14H2,(H,29,30). The maximum Gasteiger partial charge on any atom is 0.252 e. The summed E-state index contributed by atoms with van der Waals surface area (Å²) in [7, 11) is 0. The van der Waals surface area contributed by atoms with Crippen LogP contribution in [0.5, 0.6) is 0 Å². The molecule has 0 bridgehead atoms. The van der Waals surface area contributed by atoms with Crippen molar-refractivity contribution in [3.63, 3.8) is 0 Å². The number of halogens is 1. The van der Waals surface area contributed by atoms with Gasteiger partial charge in [0.1, 0.15) is 0 Å². The molecule has 4 heteroatoms. The minimum absolute atomic E-state index is 0.0451. The molecule has 0 fully saturated rings. The molecule has 5 rings (SSSR count). The van der Waals surface area contributed by atoms with Crippen molar-refractivity contribution in [2.45, 2.75) is 25.3 Å². The molecule has 0 spiro atoms. The topological polar surface area (TPSA) is 42.0 Å². The van der Waals surface area contributed by atoms with E-state index in [1.54, 1.807) is 0 Å². The van der Waals surface area contributed by atoms with Crippen LogP contribution < -0.4 is 5.32 Å². The molecule has 30 heavy (non-hydrogen) atoms. The summed E-state index contributed by atoms with van der Waals surface area (Å²) in [5.41, 5.74) is 5.84. The van der Waals surface area contributed by atoms with Crippen LogP contribution in [0, 0.1) is 0 Å². The van der Waals surface area contributed by atoms with Crippen LogP contribution in [-0.2, 0) is 6.42 Å². The summed E-state index contributed by atoms with van der Waals surface area (Å²) < 4.78 is 0.986. The summed E-state index contributed by atoms with van der Waals surface area (Å²) in [5.74, 6) is -0.0495. The fourth-order valence-corrected chi connectivity index (χ4v) is 4.70. The predicted octanol–water partition coefficient (Wildman–Crippen LogP) is 6.47. The van der Waals surface area contributed by atoms with Gasteiger partial charge in [-0.15, -0.1) is 0 Å². The van der Waals surface area contributed by atoms with E-state index in [-0.39, 0.29) is 11.9 Å². The smallest absolute Gasteiger partial charge is 0.252 e. The molecule has 1 unspecified atom stereocenters. The van der Waals surface area contributed by atoms with Crippen LogP contribution in [0.15, 0.2) is 83.3 Å². The summed E-state index contributed by atoms with van der Waals surface area (Å²) >= 11 is 3.53. The molecule has 0 saturated carbocycles. The highest BCUT2D eigenvalue weighted by molar-refractivity contribution is 9.10. The Bertz CT molecular complexity index is 1250. The Hall–Kier alpha value is -2.98. The first kappa shape index (κ1) is 19.0. The van der Waals surface area contributed by atoms with E-state index in [1.807, 2.05) is 54.6 Å². The van der Waals surface area contributed by atoms with Gasteiger partial charge in [0.2, 0.25) is 0 Å². The Kier molecular flexibility index (Phi) is 5.09. The number of nitrogens with zero attached hydrogens (tertiary/aromatic N) is 1. The van der Waals surface area contributed by atoms with Crippen molar-refractivity contribution in [3.8, 4) is 11.3 Å². The van der Waals surface area contributed by atoms with Crippen molar-refractivity contribution in [3.05, 3.63) is 100 Å². The third kappa shape index (κ3) is 3.63. The zero-order valence-corrected chi connectivity index (χ0v) is 18.0. The van der Waals surface area contributed by atoms with E-state index in [9.17, 15) is 4.79 Å². The van der Waals surface area contributed by atoms with Gasteiger partial charge >= 0.3 is 0 Å². The molecule has 1 atom stereocenters. The van der Waals surface area contributed by atoms with Crippen molar-refractivity contribution in [1.29, 1.82) is 0 Å². The van der Waals surface area contributed by atoms with Gasteiger partial charge in [0.15, 0.2) is 0 Å². The first-order valence-electron chi connectivity index (χ1n) is 10.2. The maximum atomic E-state index is 13.4. The average Bonchev–Trinajstić information content (AvgIpc) is 2.78. The minimum atomic E-state index is -0.0495. The Morgan fingerprint density at radius 3 is 2.70 bits per heavy atom. The molecule has 1 aromatic heterocycles. The van der Waals surface area contributed by atoms with Crippen LogP contribution in [-0.4, -0.2) is 10.9 Å². The molecule has 4 aromatic rings. The number of benzene rings is 3. The van der Waals surface area contributed by atoms with Crippen molar-refractivity contribution in [1.82, 2.24) is 10.3 Å². The number of pyridine rings is 1. The molecule has 0 aliphatic heterocycles. The van der Waals surface area contributed by atoms with E-state index < -0.39 is 0 Å². The molecule has 1 aliphatic carbocycles. The van der Waals surface area contributed by atoms with E-state index in [0.717, 1.165) is 45.9 Å².